The second kappa shape index (κ2) is 6.11. The number of anilines is 1. The summed E-state index contributed by atoms with van der Waals surface area (Å²) < 4.78 is 5.13. The molecule has 0 radical (unpaired) electrons. The largest absolute Gasteiger partial charge is 0.464 e. The van der Waals surface area contributed by atoms with Crippen molar-refractivity contribution in [1.82, 2.24) is 0 Å². The molecule has 0 N–H and O–H groups in total. The van der Waals surface area contributed by atoms with Crippen LogP contribution in [0.1, 0.15) is 44.2 Å². The summed E-state index contributed by atoms with van der Waals surface area (Å²) in [7, 11) is 0. The third-order valence-corrected chi connectivity index (χ3v) is 4.59. The van der Waals surface area contributed by atoms with Gasteiger partial charge in [0.15, 0.2) is 0 Å². The van der Waals surface area contributed by atoms with Crippen LogP contribution >= 0.6 is 0 Å². The van der Waals surface area contributed by atoms with E-state index in [2.05, 4.69) is 26.0 Å². The summed E-state index contributed by atoms with van der Waals surface area (Å²) in [4.78, 5) is 26.8. The molecule has 118 valence electrons. The third kappa shape index (κ3) is 2.62. The molecule has 0 bridgehead atoms. The smallest absolute Gasteiger partial charge is 0.329 e. The summed E-state index contributed by atoms with van der Waals surface area (Å²) in [5.74, 6) is -0.0792. The number of carbonyl (C=O) groups is 2. The van der Waals surface area contributed by atoms with Crippen LogP contribution in [0.15, 0.2) is 18.2 Å². The number of carbonyl (C=O) groups excluding carboxylic acids is 2. The maximum atomic E-state index is 12.9. The molecule has 1 heterocycles. The van der Waals surface area contributed by atoms with E-state index in [-0.39, 0.29) is 17.8 Å². The van der Waals surface area contributed by atoms with Crippen molar-refractivity contribution in [2.24, 2.45) is 5.92 Å². The molecule has 2 aliphatic rings. The average Bonchev–Trinajstić information content (AvgIpc) is 3.31. The number of ether oxygens (including phenoxy) is 1. The Bertz CT molecular complexity index is 570. The molecular weight excluding hydrogens is 278 g/mol. The van der Waals surface area contributed by atoms with Crippen molar-refractivity contribution in [1.29, 1.82) is 0 Å². The number of amides is 1. The van der Waals surface area contributed by atoms with E-state index in [1.54, 1.807) is 4.90 Å². The first-order valence-electron chi connectivity index (χ1n) is 8.27. The van der Waals surface area contributed by atoms with Crippen LogP contribution in [-0.4, -0.2) is 24.5 Å². The van der Waals surface area contributed by atoms with Crippen molar-refractivity contribution in [3.8, 4) is 0 Å². The Morgan fingerprint density at radius 1 is 1.18 bits per heavy atom. The third-order valence-electron chi connectivity index (χ3n) is 4.59. The van der Waals surface area contributed by atoms with Crippen molar-refractivity contribution >= 4 is 17.6 Å². The monoisotopic (exact) mass is 301 g/mol. The van der Waals surface area contributed by atoms with Crippen LogP contribution < -0.4 is 4.90 Å². The van der Waals surface area contributed by atoms with E-state index in [1.807, 2.05) is 6.07 Å². The van der Waals surface area contributed by atoms with Gasteiger partial charge in [0.25, 0.3) is 0 Å². The number of nitrogens with zero attached hydrogens (tertiary/aromatic N) is 1. The lowest BCUT2D eigenvalue weighted by Crippen LogP contribution is -2.45. The summed E-state index contributed by atoms with van der Waals surface area (Å²) in [6.45, 7) is 4.59. The van der Waals surface area contributed by atoms with Crippen LogP contribution in [0, 0.1) is 5.92 Å². The molecule has 1 amide bonds. The van der Waals surface area contributed by atoms with Crippen molar-refractivity contribution in [3.63, 3.8) is 0 Å². The number of hydrogen-bond acceptors (Lipinski definition) is 3. The zero-order valence-corrected chi connectivity index (χ0v) is 13.3. The zero-order chi connectivity index (χ0) is 15.7. The van der Waals surface area contributed by atoms with Gasteiger partial charge < -0.3 is 4.74 Å². The molecule has 1 aliphatic carbocycles. The van der Waals surface area contributed by atoms with E-state index in [1.165, 1.54) is 0 Å². The standard InChI is InChI=1S/C18H23NO3/c1-3-12-6-5-7-13(4-2)16(12)19(17(20)14-8-9-14)15-10-11-22-18(15)21/h5-7,14-15H,3-4,8-11H2,1-2H3. The highest BCUT2D eigenvalue weighted by molar-refractivity contribution is 6.03. The normalized spacial score (nSPS) is 20.8. The summed E-state index contributed by atoms with van der Waals surface area (Å²) in [6, 6.07) is 5.70. The van der Waals surface area contributed by atoms with Gasteiger partial charge in [-0.15, -0.1) is 0 Å². The first kappa shape index (κ1) is 15.1. The Hall–Kier alpha value is -1.84. The van der Waals surface area contributed by atoms with Gasteiger partial charge in [-0.3, -0.25) is 9.69 Å². The summed E-state index contributed by atoms with van der Waals surface area (Å²) in [6.07, 6.45) is 4.16. The molecule has 0 spiro atoms. The Morgan fingerprint density at radius 2 is 1.82 bits per heavy atom. The number of aryl methyl sites for hydroxylation is 2. The minimum Gasteiger partial charge on any atom is -0.464 e. The lowest BCUT2D eigenvalue weighted by atomic mass is 9.99. The topological polar surface area (TPSA) is 46.6 Å². The molecule has 22 heavy (non-hydrogen) atoms. The van der Waals surface area contributed by atoms with Gasteiger partial charge in [0, 0.05) is 12.3 Å². The van der Waals surface area contributed by atoms with Crippen molar-refractivity contribution in [2.45, 2.75) is 52.0 Å². The van der Waals surface area contributed by atoms with Crippen molar-refractivity contribution < 1.29 is 14.3 Å². The second-order valence-electron chi connectivity index (χ2n) is 6.09. The number of esters is 1. The molecular formula is C18H23NO3. The van der Waals surface area contributed by atoms with Gasteiger partial charge in [0.05, 0.1) is 12.3 Å². The van der Waals surface area contributed by atoms with E-state index in [0.717, 1.165) is 42.5 Å². The fraction of sp³-hybridized carbons (Fsp3) is 0.556. The van der Waals surface area contributed by atoms with E-state index in [0.29, 0.717) is 13.0 Å². The number of para-hydroxylation sites is 1. The lowest BCUT2D eigenvalue weighted by molar-refractivity contribution is -0.140. The first-order chi connectivity index (χ1) is 10.7. The fourth-order valence-electron chi connectivity index (χ4n) is 3.19. The van der Waals surface area contributed by atoms with Gasteiger partial charge in [0.2, 0.25) is 5.91 Å². The molecule has 4 nitrogen and oxygen atoms in total. The summed E-state index contributed by atoms with van der Waals surface area (Å²) >= 11 is 0. The highest BCUT2D eigenvalue weighted by Gasteiger charge is 2.43. The van der Waals surface area contributed by atoms with Gasteiger partial charge in [0.1, 0.15) is 6.04 Å². The maximum Gasteiger partial charge on any atom is 0.329 e. The Balaban J connectivity index is 2.09. The number of benzene rings is 1. The van der Waals surface area contributed by atoms with Crippen LogP contribution in [0.25, 0.3) is 0 Å². The minimum absolute atomic E-state index is 0.0861. The number of hydrogen-bond donors (Lipinski definition) is 0. The molecule has 1 aromatic carbocycles. The SMILES string of the molecule is CCc1cccc(CC)c1N(C(=O)C1CC1)C1CCOC1=O. The van der Waals surface area contributed by atoms with E-state index >= 15 is 0 Å². The van der Waals surface area contributed by atoms with Gasteiger partial charge in [-0.05, 0) is 36.8 Å². The summed E-state index contributed by atoms with van der Waals surface area (Å²) in [5.41, 5.74) is 3.22. The number of cyclic esters (lactones) is 1. The highest BCUT2D eigenvalue weighted by Crippen LogP contribution is 2.38. The van der Waals surface area contributed by atoms with E-state index in [4.69, 9.17) is 4.74 Å². The predicted octanol–water partition coefficient (Wildman–Crippen LogP) is 2.87. The van der Waals surface area contributed by atoms with Crippen molar-refractivity contribution in [3.05, 3.63) is 29.3 Å². The Kier molecular flexibility index (Phi) is 4.19. The lowest BCUT2D eigenvalue weighted by Gasteiger charge is -2.30. The maximum absolute atomic E-state index is 12.9. The fourth-order valence-corrected chi connectivity index (χ4v) is 3.19. The first-order valence-corrected chi connectivity index (χ1v) is 8.27. The summed E-state index contributed by atoms with van der Waals surface area (Å²) in [5, 5.41) is 0. The molecule has 2 fully saturated rings. The van der Waals surface area contributed by atoms with Crippen LogP contribution in [-0.2, 0) is 27.2 Å². The molecule has 1 unspecified atom stereocenters. The molecule has 1 aliphatic heterocycles. The molecule has 1 atom stereocenters. The average molecular weight is 301 g/mol. The second-order valence-corrected chi connectivity index (χ2v) is 6.09. The van der Waals surface area contributed by atoms with Gasteiger partial charge >= 0.3 is 5.97 Å². The quantitative estimate of drug-likeness (QED) is 0.786. The Morgan fingerprint density at radius 3 is 2.27 bits per heavy atom. The van der Waals surface area contributed by atoms with Crippen molar-refractivity contribution in [2.75, 3.05) is 11.5 Å². The Labute approximate surface area is 131 Å². The molecule has 1 saturated heterocycles. The van der Waals surface area contributed by atoms with Crippen LogP contribution in [0.4, 0.5) is 5.69 Å². The zero-order valence-electron chi connectivity index (χ0n) is 13.3. The number of rotatable bonds is 5. The highest BCUT2D eigenvalue weighted by atomic mass is 16.5. The molecule has 1 aromatic rings. The predicted molar refractivity (Wildman–Crippen MR) is 84.8 cm³/mol. The van der Waals surface area contributed by atoms with E-state index < -0.39 is 6.04 Å². The van der Waals surface area contributed by atoms with Gasteiger partial charge in [-0.25, -0.2) is 4.79 Å². The van der Waals surface area contributed by atoms with Gasteiger partial charge in [-0.2, -0.15) is 0 Å². The molecule has 0 aromatic heterocycles. The minimum atomic E-state index is -0.453. The molecule has 3 rings (SSSR count). The van der Waals surface area contributed by atoms with Crippen LogP contribution in [0.3, 0.4) is 0 Å². The van der Waals surface area contributed by atoms with Gasteiger partial charge in [-0.1, -0.05) is 32.0 Å². The van der Waals surface area contributed by atoms with E-state index in [9.17, 15) is 9.59 Å². The van der Waals surface area contributed by atoms with Crippen LogP contribution in [0.2, 0.25) is 0 Å². The molecule has 4 heteroatoms. The van der Waals surface area contributed by atoms with Crippen LogP contribution in [0.5, 0.6) is 0 Å². The molecule has 1 saturated carbocycles.